The number of anilines is 1. The summed E-state index contributed by atoms with van der Waals surface area (Å²) < 4.78 is 6.37. The van der Waals surface area contributed by atoms with Crippen molar-refractivity contribution < 1.29 is 14.3 Å². The molecule has 1 aliphatic carbocycles. The summed E-state index contributed by atoms with van der Waals surface area (Å²) in [4.78, 5) is 26.6. The molecule has 5 nitrogen and oxygen atoms in total. The number of nitrogens with two attached hydrogens (primary N) is 1. The van der Waals surface area contributed by atoms with Gasteiger partial charge < -0.3 is 20.2 Å². The third-order valence-corrected chi connectivity index (χ3v) is 9.55. The molecule has 40 heavy (non-hydrogen) atoms. The molecule has 0 bridgehead atoms. The normalized spacial score (nSPS) is 22.9. The number of rotatable bonds is 12. The van der Waals surface area contributed by atoms with E-state index in [4.69, 9.17) is 22.1 Å². The summed E-state index contributed by atoms with van der Waals surface area (Å²) in [6.45, 7) is 8.54. The number of benzene rings is 2. The van der Waals surface area contributed by atoms with Gasteiger partial charge >= 0.3 is 0 Å². The van der Waals surface area contributed by atoms with Crippen LogP contribution in [-0.2, 0) is 11.2 Å². The van der Waals surface area contributed by atoms with Crippen molar-refractivity contribution in [2.45, 2.75) is 64.0 Å². The topological polar surface area (TPSA) is 72.6 Å². The first-order valence-electron chi connectivity index (χ1n) is 14.6. The lowest BCUT2D eigenvalue weighted by molar-refractivity contribution is -0.112. The van der Waals surface area contributed by atoms with Gasteiger partial charge in [0.25, 0.3) is 0 Å². The first-order valence-corrected chi connectivity index (χ1v) is 15.5. The molecule has 0 aromatic heterocycles. The zero-order valence-corrected chi connectivity index (χ0v) is 25.5. The van der Waals surface area contributed by atoms with Crippen LogP contribution in [0.25, 0.3) is 0 Å². The summed E-state index contributed by atoms with van der Waals surface area (Å²) in [6, 6.07) is 11.6. The standard InChI is InChI=1S/C33H43ClN2O3S/c1-4-6-23-15-28(34)11-13-29(23)27-18-36(31-16-24(33(35)38)10-14-32(31)39-20-27)17-25-9-12-30(25)26(19-37)8-5-7-21(2)22(3)40/h5,8,10-11,13-16,19,21-22,25-27,30,40H,4,6-7,9,12,17-18,20H2,1-3H3,(H2,35,38)/b8-5+. The fraction of sp³-hybridized carbons (Fsp3) is 0.515. The number of aryl methyl sites for hydroxylation is 1. The highest BCUT2D eigenvalue weighted by Crippen LogP contribution is 2.43. The maximum absolute atomic E-state index is 12.2. The molecule has 7 heteroatoms. The third-order valence-electron chi connectivity index (χ3n) is 8.80. The summed E-state index contributed by atoms with van der Waals surface area (Å²) in [5, 5.41) is 1.06. The van der Waals surface area contributed by atoms with Crippen molar-refractivity contribution in [3.63, 3.8) is 0 Å². The van der Waals surface area contributed by atoms with E-state index in [0.29, 0.717) is 35.2 Å². The Morgan fingerprint density at radius 3 is 2.67 bits per heavy atom. The van der Waals surface area contributed by atoms with E-state index in [2.05, 4.69) is 62.6 Å². The summed E-state index contributed by atoms with van der Waals surface area (Å²) >= 11 is 10.9. The molecular formula is C33H43ClN2O3S. The number of ether oxygens (including phenoxy) is 1. The molecule has 1 saturated carbocycles. The Hall–Kier alpha value is -2.44. The van der Waals surface area contributed by atoms with E-state index in [1.54, 1.807) is 6.07 Å². The van der Waals surface area contributed by atoms with Gasteiger partial charge in [-0.3, -0.25) is 4.79 Å². The highest BCUT2D eigenvalue weighted by Gasteiger charge is 2.38. The number of halogens is 1. The molecule has 1 heterocycles. The van der Waals surface area contributed by atoms with Crippen LogP contribution in [0, 0.1) is 23.7 Å². The number of hydrogen-bond donors (Lipinski definition) is 2. The molecule has 0 radical (unpaired) electrons. The molecular weight excluding hydrogens is 540 g/mol. The van der Waals surface area contributed by atoms with Gasteiger partial charge in [0, 0.05) is 40.8 Å². The molecule has 1 amide bonds. The first kappa shape index (κ1) is 30.5. The molecule has 1 aliphatic heterocycles. The Bertz CT molecular complexity index is 1220. The number of allylic oxidation sites excluding steroid dienone is 2. The van der Waals surface area contributed by atoms with Crippen LogP contribution >= 0.6 is 24.2 Å². The van der Waals surface area contributed by atoms with E-state index in [1.165, 1.54) is 11.1 Å². The van der Waals surface area contributed by atoms with Gasteiger partial charge in [-0.2, -0.15) is 12.6 Å². The summed E-state index contributed by atoms with van der Waals surface area (Å²) in [6.07, 6.45) is 10.4. The molecule has 0 saturated heterocycles. The lowest BCUT2D eigenvalue weighted by atomic mass is 9.67. The van der Waals surface area contributed by atoms with Gasteiger partial charge in [0.1, 0.15) is 12.0 Å². The minimum atomic E-state index is -0.455. The molecule has 0 spiro atoms. The van der Waals surface area contributed by atoms with Crippen LogP contribution in [0.1, 0.15) is 73.9 Å². The molecule has 1 fully saturated rings. The van der Waals surface area contributed by atoms with Crippen molar-refractivity contribution in [1.82, 2.24) is 0 Å². The van der Waals surface area contributed by atoms with Gasteiger partial charge in [-0.1, -0.05) is 57.0 Å². The quantitative estimate of drug-likeness (QED) is 0.159. The molecule has 6 unspecified atom stereocenters. The minimum Gasteiger partial charge on any atom is -0.491 e. The Balaban J connectivity index is 1.60. The second-order valence-electron chi connectivity index (χ2n) is 11.6. The number of carbonyl (C=O) groups is 2. The molecule has 4 rings (SSSR count). The number of aldehydes is 1. The number of hydrogen-bond acceptors (Lipinski definition) is 5. The highest BCUT2D eigenvalue weighted by atomic mass is 35.5. The van der Waals surface area contributed by atoms with E-state index >= 15 is 0 Å². The summed E-state index contributed by atoms with van der Waals surface area (Å²) in [5.41, 5.74) is 9.53. The average molecular weight is 583 g/mol. The summed E-state index contributed by atoms with van der Waals surface area (Å²) in [5.74, 6) is 1.47. The third kappa shape index (κ3) is 7.25. The molecule has 2 N–H and O–H groups in total. The van der Waals surface area contributed by atoms with E-state index in [1.807, 2.05) is 18.2 Å². The highest BCUT2D eigenvalue weighted by molar-refractivity contribution is 7.80. The van der Waals surface area contributed by atoms with Crippen molar-refractivity contribution in [1.29, 1.82) is 0 Å². The molecule has 2 aliphatic rings. The van der Waals surface area contributed by atoms with Crippen LogP contribution in [0.3, 0.4) is 0 Å². The van der Waals surface area contributed by atoms with E-state index < -0.39 is 5.91 Å². The number of nitrogens with zero attached hydrogens (tertiary/aromatic N) is 1. The zero-order valence-electron chi connectivity index (χ0n) is 23.9. The predicted molar refractivity (Wildman–Crippen MR) is 168 cm³/mol. The van der Waals surface area contributed by atoms with Crippen LogP contribution in [0.5, 0.6) is 5.75 Å². The number of primary amides is 1. The number of amides is 1. The predicted octanol–water partition coefficient (Wildman–Crippen LogP) is 7.12. The Labute approximate surface area is 249 Å². The van der Waals surface area contributed by atoms with Crippen molar-refractivity contribution >= 4 is 42.1 Å². The van der Waals surface area contributed by atoms with Gasteiger partial charge in [0.05, 0.1) is 12.3 Å². The van der Waals surface area contributed by atoms with Crippen molar-refractivity contribution in [3.05, 3.63) is 70.3 Å². The molecule has 2 aromatic carbocycles. The second-order valence-corrected chi connectivity index (χ2v) is 12.9. The van der Waals surface area contributed by atoms with Gasteiger partial charge in [-0.15, -0.1) is 0 Å². The molecule has 216 valence electrons. The van der Waals surface area contributed by atoms with Crippen molar-refractivity contribution in [3.8, 4) is 5.75 Å². The van der Waals surface area contributed by atoms with Gasteiger partial charge in [-0.25, -0.2) is 0 Å². The Morgan fingerprint density at radius 2 is 2.02 bits per heavy atom. The van der Waals surface area contributed by atoms with E-state index in [9.17, 15) is 9.59 Å². The lowest BCUT2D eigenvalue weighted by Crippen LogP contribution is -2.42. The smallest absolute Gasteiger partial charge is 0.248 e. The maximum Gasteiger partial charge on any atom is 0.248 e. The number of carbonyl (C=O) groups excluding carboxylic acids is 2. The van der Waals surface area contributed by atoms with Crippen molar-refractivity contribution in [2.75, 3.05) is 24.6 Å². The molecule has 2 aromatic rings. The molecule has 6 atom stereocenters. The van der Waals surface area contributed by atoms with Crippen LogP contribution in [0.4, 0.5) is 5.69 Å². The fourth-order valence-corrected chi connectivity index (χ4v) is 6.33. The number of thiol groups is 1. The monoisotopic (exact) mass is 582 g/mol. The van der Waals surface area contributed by atoms with Crippen LogP contribution < -0.4 is 15.4 Å². The van der Waals surface area contributed by atoms with Gasteiger partial charge in [-0.05, 0) is 84.9 Å². The Morgan fingerprint density at radius 1 is 1.23 bits per heavy atom. The van der Waals surface area contributed by atoms with E-state index in [0.717, 1.165) is 67.9 Å². The zero-order chi connectivity index (χ0) is 28.8. The van der Waals surface area contributed by atoms with Crippen LogP contribution in [0.2, 0.25) is 5.02 Å². The van der Waals surface area contributed by atoms with Crippen LogP contribution in [0.15, 0.2) is 48.6 Å². The van der Waals surface area contributed by atoms with Crippen molar-refractivity contribution in [2.24, 2.45) is 29.4 Å². The average Bonchev–Trinajstić information content (AvgIpc) is 3.09. The SMILES string of the molecule is CCCc1cc(Cl)ccc1C1COc2ccc(C(N)=O)cc2N(CC2CCC2C(C=O)/C=C/CC(C)C(C)S)C1. The first-order chi connectivity index (χ1) is 19.2. The largest absolute Gasteiger partial charge is 0.491 e. The summed E-state index contributed by atoms with van der Waals surface area (Å²) in [7, 11) is 0. The maximum atomic E-state index is 12.2. The lowest BCUT2D eigenvalue weighted by Gasteiger charge is -2.43. The van der Waals surface area contributed by atoms with Gasteiger partial charge in [0.15, 0.2) is 0 Å². The fourth-order valence-electron chi connectivity index (χ4n) is 6.01. The van der Waals surface area contributed by atoms with E-state index in [-0.39, 0.29) is 11.8 Å². The second kappa shape index (κ2) is 14.0. The van der Waals surface area contributed by atoms with Crippen LogP contribution in [-0.4, -0.2) is 37.1 Å². The van der Waals surface area contributed by atoms with Gasteiger partial charge in [0.2, 0.25) is 5.91 Å². The Kier molecular flexibility index (Phi) is 10.6. The minimum absolute atomic E-state index is 0.0935. The number of fused-ring (bicyclic) bond motifs is 1.